The molecule has 2 aliphatic heterocycles. The zero-order valence-corrected chi connectivity index (χ0v) is 15.9. The SMILES string of the molecule is Cc1occc1C(=O)N1CC2(CCCC2)c2cc3c(cc2C1C)OCCO3. The summed E-state index contributed by atoms with van der Waals surface area (Å²) in [7, 11) is 0. The number of nitrogens with zero attached hydrogens (tertiary/aromatic N) is 1. The van der Waals surface area contributed by atoms with Crippen LogP contribution in [-0.2, 0) is 5.41 Å². The zero-order valence-electron chi connectivity index (χ0n) is 15.9. The van der Waals surface area contributed by atoms with Crippen molar-refractivity contribution >= 4 is 5.91 Å². The molecule has 2 aromatic rings. The first-order chi connectivity index (χ1) is 13.1. The molecule has 1 aromatic carbocycles. The minimum absolute atomic E-state index is 0.0103. The predicted molar refractivity (Wildman–Crippen MR) is 100 cm³/mol. The summed E-state index contributed by atoms with van der Waals surface area (Å²) >= 11 is 0. The molecule has 1 unspecified atom stereocenters. The van der Waals surface area contributed by atoms with E-state index in [4.69, 9.17) is 13.9 Å². The van der Waals surface area contributed by atoms with E-state index in [0.29, 0.717) is 24.5 Å². The van der Waals surface area contributed by atoms with Crippen LogP contribution >= 0.6 is 0 Å². The van der Waals surface area contributed by atoms with E-state index < -0.39 is 0 Å². The second kappa shape index (κ2) is 6.04. The molecule has 1 fully saturated rings. The van der Waals surface area contributed by atoms with Crippen LogP contribution in [-0.4, -0.2) is 30.6 Å². The Hall–Kier alpha value is -2.43. The third-order valence-corrected chi connectivity index (χ3v) is 6.59. The van der Waals surface area contributed by atoms with Gasteiger partial charge in [0, 0.05) is 12.0 Å². The molecule has 1 aliphatic carbocycles. The van der Waals surface area contributed by atoms with E-state index in [2.05, 4.69) is 19.1 Å². The molecule has 5 rings (SSSR count). The van der Waals surface area contributed by atoms with Crippen LogP contribution in [0.2, 0.25) is 0 Å². The average molecular weight is 367 g/mol. The highest BCUT2D eigenvalue weighted by Gasteiger charge is 2.46. The molecule has 1 aromatic heterocycles. The molecule has 3 aliphatic rings. The van der Waals surface area contributed by atoms with Gasteiger partial charge in [-0.3, -0.25) is 4.79 Å². The zero-order chi connectivity index (χ0) is 18.6. The number of furan rings is 1. The minimum atomic E-state index is -0.0103. The fourth-order valence-corrected chi connectivity index (χ4v) is 5.11. The summed E-state index contributed by atoms with van der Waals surface area (Å²) in [6.07, 6.45) is 6.23. The van der Waals surface area contributed by atoms with Crippen molar-refractivity contribution in [2.45, 2.75) is 51.0 Å². The number of hydrogen-bond acceptors (Lipinski definition) is 4. The number of carbonyl (C=O) groups excluding carboxylic acids is 1. The van der Waals surface area contributed by atoms with E-state index >= 15 is 0 Å². The monoisotopic (exact) mass is 367 g/mol. The molecule has 1 spiro atoms. The lowest BCUT2D eigenvalue weighted by molar-refractivity contribution is 0.0591. The van der Waals surface area contributed by atoms with E-state index in [9.17, 15) is 4.79 Å². The van der Waals surface area contributed by atoms with E-state index in [1.165, 1.54) is 24.0 Å². The summed E-state index contributed by atoms with van der Waals surface area (Å²) in [5.74, 6) is 2.39. The van der Waals surface area contributed by atoms with Crippen molar-refractivity contribution in [3.63, 3.8) is 0 Å². The van der Waals surface area contributed by atoms with Crippen molar-refractivity contribution in [2.24, 2.45) is 0 Å². The van der Waals surface area contributed by atoms with Gasteiger partial charge in [-0.15, -0.1) is 0 Å². The molecule has 5 heteroatoms. The normalized spacial score (nSPS) is 22.7. The van der Waals surface area contributed by atoms with Crippen molar-refractivity contribution in [1.29, 1.82) is 0 Å². The Balaban J connectivity index is 1.62. The minimum Gasteiger partial charge on any atom is -0.486 e. The Morgan fingerprint density at radius 1 is 1.15 bits per heavy atom. The molecule has 0 bridgehead atoms. The van der Waals surface area contributed by atoms with Crippen molar-refractivity contribution in [2.75, 3.05) is 19.8 Å². The number of benzene rings is 1. The van der Waals surface area contributed by atoms with E-state index in [-0.39, 0.29) is 17.4 Å². The lowest BCUT2D eigenvalue weighted by atomic mass is 9.71. The van der Waals surface area contributed by atoms with Crippen LogP contribution in [0, 0.1) is 6.92 Å². The molecule has 1 amide bonds. The summed E-state index contributed by atoms with van der Waals surface area (Å²) in [6.45, 7) is 5.89. The van der Waals surface area contributed by atoms with Crippen LogP contribution in [0.1, 0.15) is 65.9 Å². The maximum Gasteiger partial charge on any atom is 0.257 e. The number of ether oxygens (including phenoxy) is 2. The highest BCUT2D eigenvalue weighted by Crippen LogP contribution is 2.52. The standard InChI is InChI=1S/C22H25NO4/c1-14-17-11-19-20(27-10-9-26-19)12-18(17)22(6-3-4-7-22)13-23(14)21(24)16-5-8-25-15(16)2/h5,8,11-12,14H,3-4,6-7,9-10,13H2,1-2H3. The Kier molecular flexibility index (Phi) is 3.74. The van der Waals surface area contributed by atoms with Gasteiger partial charge in [0.25, 0.3) is 5.91 Å². The van der Waals surface area contributed by atoms with E-state index in [1.54, 1.807) is 12.3 Å². The Morgan fingerprint density at radius 2 is 1.85 bits per heavy atom. The lowest BCUT2D eigenvalue weighted by Crippen LogP contribution is -2.48. The molecule has 0 saturated heterocycles. The third-order valence-electron chi connectivity index (χ3n) is 6.59. The van der Waals surface area contributed by atoms with Gasteiger partial charge in [0.05, 0.1) is 17.9 Å². The number of amides is 1. The van der Waals surface area contributed by atoms with Crippen molar-refractivity contribution in [1.82, 2.24) is 4.90 Å². The van der Waals surface area contributed by atoms with Gasteiger partial charge < -0.3 is 18.8 Å². The average Bonchev–Trinajstić information content (AvgIpc) is 3.33. The molecule has 27 heavy (non-hydrogen) atoms. The van der Waals surface area contributed by atoms with Crippen molar-refractivity contribution in [3.05, 3.63) is 46.9 Å². The van der Waals surface area contributed by atoms with Gasteiger partial charge in [-0.25, -0.2) is 0 Å². The van der Waals surface area contributed by atoms with Crippen LogP contribution in [0.4, 0.5) is 0 Å². The highest BCUT2D eigenvalue weighted by molar-refractivity contribution is 5.95. The first kappa shape index (κ1) is 16.7. The van der Waals surface area contributed by atoms with Gasteiger partial charge in [0.2, 0.25) is 0 Å². The number of hydrogen-bond donors (Lipinski definition) is 0. The number of rotatable bonds is 1. The lowest BCUT2D eigenvalue weighted by Gasteiger charge is -2.46. The first-order valence-corrected chi connectivity index (χ1v) is 9.88. The van der Waals surface area contributed by atoms with Crippen LogP contribution in [0.25, 0.3) is 0 Å². The van der Waals surface area contributed by atoms with Gasteiger partial charge in [0.15, 0.2) is 11.5 Å². The molecule has 3 heterocycles. The second-order valence-corrected chi connectivity index (χ2v) is 8.07. The molecular weight excluding hydrogens is 342 g/mol. The van der Waals surface area contributed by atoms with Crippen LogP contribution in [0.5, 0.6) is 11.5 Å². The van der Waals surface area contributed by atoms with Gasteiger partial charge in [-0.1, -0.05) is 12.8 Å². The molecule has 0 N–H and O–H groups in total. The second-order valence-electron chi connectivity index (χ2n) is 8.07. The van der Waals surface area contributed by atoms with Gasteiger partial charge >= 0.3 is 0 Å². The summed E-state index contributed by atoms with van der Waals surface area (Å²) in [4.78, 5) is 15.4. The molecule has 142 valence electrons. The number of carbonyl (C=O) groups is 1. The maximum absolute atomic E-state index is 13.3. The summed E-state index contributed by atoms with van der Waals surface area (Å²) in [6, 6.07) is 6.07. The highest BCUT2D eigenvalue weighted by atomic mass is 16.6. The van der Waals surface area contributed by atoms with Crippen LogP contribution in [0.3, 0.4) is 0 Å². The Bertz CT molecular complexity index is 894. The molecule has 5 nitrogen and oxygen atoms in total. The number of fused-ring (bicyclic) bond motifs is 3. The van der Waals surface area contributed by atoms with Gasteiger partial charge in [-0.05, 0) is 56.0 Å². The van der Waals surface area contributed by atoms with Gasteiger partial charge in [0.1, 0.15) is 19.0 Å². The first-order valence-electron chi connectivity index (χ1n) is 9.88. The Labute approximate surface area is 159 Å². The Morgan fingerprint density at radius 3 is 2.52 bits per heavy atom. The van der Waals surface area contributed by atoms with Crippen LogP contribution in [0.15, 0.2) is 28.9 Å². The summed E-state index contributed by atoms with van der Waals surface area (Å²) in [5.41, 5.74) is 3.23. The molecule has 1 atom stereocenters. The number of aryl methyl sites for hydroxylation is 1. The van der Waals surface area contributed by atoms with E-state index in [1.807, 2.05) is 11.8 Å². The molecule has 1 saturated carbocycles. The largest absolute Gasteiger partial charge is 0.486 e. The predicted octanol–water partition coefficient (Wildman–Crippen LogP) is 4.39. The maximum atomic E-state index is 13.3. The summed E-state index contributed by atoms with van der Waals surface area (Å²) < 4.78 is 17.1. The fraction of sp³-hybridized carbons (Fsp3) is 0.500. The fourth-order valence-electron chi connectivity index (χ4n) is 5.11. The molecule has 0 radical (unpaired) electrons. The quantitative estimate of drug-likeness (QED) is 0.750. The van der Waals surface area contributed by atoms with Crippen molar-refractivity contribution < 1.29 is 18.7 Å². The smallest absolute Gasteiger partial charge is 0.257 e. The van der Waals surface area contributed by atoms with Gasteiger partial charge in [-0.2, -0.15) is 0 Å². The topological polar surface area (TPSA) is 51.9 Å². The third kappa shape index (κ3) is 2.47. The summed E-state index contributed by atoms with van der Waals surface area (Å²) in [5, 5.41) is 0. The molecular formula is C22H25NO4. The van der Waals surface area contributed by atoms with E-state index in [0.717, 1.165) is 30.9 Å². The van der Waals surface area contributed by atoms with Crippen molar-refractivity contribution in [3.8, 4) is 11.5 Å². The van der Waals surface area contributed by atoms with Crippen LogP contribution < -0.4 is 9.47 Å².